The van der Waals surface area contributed by atoms with Gasteiger partial charge in [0.05, 0.1) is 6.04 Å². The number of nitrogens with zero attached hydrogens (tertiary/aromatic N) is 3. The van der Waals surface area contributed by atoms with Crippen molar-refractivity contribution in [2.24, 2.45) is 0 Å². The van der Waals surface area contributed by atoms with Crippen LogP contribution < -0.4 is 5.32 Å². The molecule has 0 unspecified atom stereocenters. The second-order valence-corrected chi connectivity index (χ2v) is 3.58. The van der Waals surface area contributed by atoms with Gasteiger partial charge in [-0.05, 0) is 19.2 Å². The van der Waals surface area contributed by atoms with E-state index in [1.807, 2.05) is 18.2 Å². The van der Waals surface area contributed by atoms with Crippen molar-refractivity contribution in [3.63, 3.8) is 0 Å². The highest BCUT2D eigenvalue weighted by Crippen LogP contribution is 2.11. The molecule has 1 aromatic heterocycles. The number of aromatic nitrogens is 1. The highest BCUT2D eigenvalue weighted by Gasteiger charge is 2.22. The average molecular weight is 188 g/mol. The van der Waals surface area contributed by atoms with E-state index in [0.717, 1.165) is 18.9 Å². The number of hydrogen-bond acceptors (Lipinski definition) is 4. The lowest BCUT2D eigenvalue weighted by Crippen LogP contribution is -2.52. The first kappa shape index (κ1) is 8.97. The van der Waals surface area contributed by atoms with E-state index in [1.165, 1.54) is 0 Å². The molecule has 1 aliphatic rings. The monoisotopic (exact) mass is 188 g/mol. The van der Waals surface area contributed by atoms with Gasteiger partial charge in [-0.3, -0.25) is 0 Å². The summed E-state index contributed by atoms with van der Waals surface area (Å²) in [5, 5.41) is 11.9. The highest BCUT2D eigenvalue weighted by molar-refractivity contribution is 5.39. The maximum Gasteiger partial charge on any atom is 0.142 e. The smallest absolute Gasteiger partial charge is 0.142 e. The van der Waals surface area contributed by atoms with Gasteiger partial charge < -0.3 is 10.2 Å². The van der Waals surface area contributed by atoms with E-state index in [1.54, 1.807) is 6.07 Å². The SMILES string of the molecule is CN1CC(Nc2cccc(C#N)n2)C1. The van der Waals surface area contributed by atoms with Gasteiger partial charge in [-0.1, -0.05) is 6.07 Å². The summed E-state index contributed by atoms with van der Waals surface area (Å²) in [5.41, 5.74) is 0.461. The largest absolute Gasteiger partial charge is 0.365 e. The summed E-state index contributed by atoms with van der Waals surface area (Å²) < 4.78 is 0. The molecule has 14 heavy (non-hydrogen) atoms. The molecule has 0 saturated carbocycles. The summed E-state index contributed by atoms with van der Waals surface area (Å²) in [6, 6.07) is 7.94. The molecule has 4 heteroatoms. The summed E-state index contributed by atoms with van der Waals surface area (Å²) in [6.45, 7) is 2.08. The molecule has 4 nitrogen and oxygen atoms in total. The molecule has 0 amide bonds. The predicted molar refractivity (Wildman–Crippen MR) is 53.9 cm³/mol. The van der Waals surface area contributed by atoms with Gasteiger partial charge in [-0.25, -0.2) is 4.98 Å². The number of rotatable bonds is 2. The standard InChI is InChI=1S/C10H12N4/c1-14-6-9(7-14)13-10-4-2-3-8(5-11)12-10/h2-4,9H,6-7H2,1H3,(H,12,13). The lowest BCUT2D eigenvalue weighted by molar-refractivity contribution is 0.205. The van der Waals surface area contributed by atoms with Crippen LogP contribution in [0.2, 0.25) is 0 Å². The molecule has 2 rings (SSSR count). The molecule has 0 bridgehead atoms. The van der Waals surface area contributed by atoms with Gasteiger partial charge in [-0.15, -0.1) is 0 Å². The zero-order valence-electron chi connectivity index (χ0n) is 8.07. The predicted octanol–water partition coefficient (Wildman–Crippen LogP) is 0.679. The molecule has 0 aliphatic carbocycles. The van der Waals surface area contributed by atoms with Crippen molar-refractivity contribution in [3.8, 4) is 6.07 Å². The summed E-state index contributed by atoms with van der Waals surface area (Å²) in [7, 11) is 2.08. The van der Waals surface area contributed by atoms with Gasteiger partial charge >= 0.3 is 0 Å². The molecule has 1 aliphatic heterocycles. The van der Waals surface area contributed by atoms with E-state index in [9.17, 15) is 0 Å². The van der Waals surface area contributed by atoms with Crippen LogP contribution in [0, 0.1) is 11.3 Å². The van der Waals surface area contributed by atoms with Crippen LogP contribution in [-0.4, -0.2) is 36.1 Å². The fraction of sp³-hybridized carbons (Fsp3) is 0.400. The van der Waals surface area contributed by atoms with E-state index < -0.39 is 0 Å². The van der Waals surface area contributed by atoms with Crippen molar-refractivity contribution >= 4 is 5.82 Å². The Labute approximate surface area is 83.2 Å². The Bertz CT molecular complexity index is 363. The Kier molecular flexibility index (Phi) is 2.33. The minimum absolute atomic E-state index is 0.461. The van der Waals surface area contributed by atoms with Gasteiger partial charge in [0.2, 0.25) is 0 Å². The second-order valence-electron chi connectivity index (χ2n) is 3.58. The molecule has 0 atom stereocenters. The van der Waals surface area contributed by atoms with E-state index >= 15 is 0 Å². The minimum atomic E-state index is 0.461. The van der Waals surface area contributed by atoms with Crippen LogP contribution in [-0.2, 0) is 0 Å². The molecule has 1 aromatic rings. The van der Waals surface area contributed by atoms with Crippen molar-refractivity contribution in [1.29, 1.82) is 5.26 Å². The fourth-order valence-electron chi connectivity index (χ4n) is 1.58. The van der Waals surface area contributed by atoms with Gasteiger partial charge in [-0.2, -0.15) is 5.26 Å². The van der Waals surface area contributed by atoms with Gasteiger partial charge in [0.15, 0.2) is 0 Å². The third kappa shape index (κ3) is 1.83. The number of likely N-dealkylation sites (tertiary alicyclic amines) is 1. The summed E-state index contributed by atoms with van der Waals surface area (Å²) in [5.74, 6) is 0.794. The molecule has 0 radical (unpaired) electrons. The lowest BCUT2D eigenvalue weighted by atomic mass is 10.1. The third-order valence-corrected chi connectivity index (χ3v) is 2.28. The Morgan fingerprint density at radius 3 is 3.00 bits per heavy atom. The summed E-state index contributed by atoms with van der Waals surface area (Å²) in [4.78, 5) is 6.38. The first-order valence-corrected chi connectivity index (χ1v) is 4.60. The van der Waals surface area contributed by atoms with E-state index in [2.05, 4.69) is 22.2 Å². The first-order valence-electron chi connectivity index (χ1n) is 4.60. The number of nitriles is 1. The number of likely N-dealkylation sites (N-methyl/N-ethyl adjacent to an activating group) is 1. The van der Waals surface area contributed by atoms with E-state index in [0.29, 0.717) is 11.7 Å². The molecule has 2 heterocycles. The molecule has 1 fully saturated rings. The first-order chi connectivity index (χ1) is 6.78. The van der Waals surface area contributed by atoms with Crippen molar-refractivity contribution in [2.45, 2.75) is 6.04 Å². The van der Waals surface area contributed by atoms with Crippen LogP contribution in [0.4, 0.5) is 5.82 Å². The zero-order valence-corrected chi connectivity index (χ0v) is 8.07. The number of pyridine rings is 1. The van der Waals surface area contributed by atoms with Crippen molar-refractivity contribution in [1.82, 2.24) is 9.88 Å². The number of hydrogen-bond donors (Lipinski definition) is 1. The lowest BCUT2D eigenvalue weighted by Gasteiger charge is -2.36. The van der Waals surface area contributed by atoms with Crippen LogP contribution in [0.15, 0.2) is 18.2 Å². The van der Waals surface area contributed by atoms with E-state index in [4.69, 9.17) is 5.26 Å². The molecule has 72 valence electrons. The molecular formula is C10H12N4. The second kappa shape index (κ2) is 3.64. The third-order valence-electron chi connectivity index (χ3n) is 2.28. The van der Waals surface area contributed by atoms with Gasteiger partial charge in [0.25, 0.3) is 0 Å². The topological polar surface area (TPSA) is 52.0 Å². The highest BCUT2D eigenvalue weighted by atomic mass is 15.2. The number of nitrogens with one attached hydrogen (secondary N) is 1. The molecule has 0 aromatic carbocycles. The van der Waals surface area contributed by atoms with Crippen LogP contribution >= 0.6 is 0 Å². The van der Waals surface area contributed by atoms with Crippen molar-refractivity contribution in [3.05, 3.63) is 23.9 Å². The normalized spacial score (nSPS) is 17.1. The van der Waals surface area contributed by atoms with Crippen LogP contribution in [0.5, 0.6) is 0 Å². The van der Waals surface area contributed by atoms with Crippen molar-refractivity contribution in [2.75, 3.05) is 25.5 Å². The molecule has 1 saturated heterocycles. The molecule has 0 spiro atoms. The fourth-order valence-corrected chi connectivity index (χ4v) is 1.58. The average Bonchev–Trinajstić information content (AvgIpc) is 2.16. The Balaban J connectivity index is 2.00. The summed E-state index contributed by atoms with van der Waals surface area (Å²) >= 11 is 0. The van der Waals surface area contributed by atoms with E-state index in [-0.39, 0.29) is 0 Å². The summed E-state index contributed by atoms with van der Waals surface area (Å²) in [6.07, 6.45) is 0. The minimum Gasteiger partial charge on any atom is -0.365 e. The Morgan fingerprint density at radius 1 is 1.57 bits per heavy atom. The molecule has 1 N–H and O–H groups in total. The van der Waals surface area contributed by atoms with Crippen molar-refractivity contribution < 1.29 is 0 Å². The van der Waals surface area contributed by atoms with Crippen LogP contribution in [0.1, 0.15) is 5.69 Å². The Hall–Kier alpha value is -1.60. The van der Waals surface area contributed by atoms with Gasteiger partial charge in [0.1, 0.15) is 17.6 Å². The Morgan fingerprint density at radius 2 is 2.36 bits per heavy atom. The van der Waals surface area contributed by atoms with Gasteiger partial charge in [0, 0.05) is 13.1 Å². The molecular weight excluding hydrogens is 176 g/mol. The zero-order chi connectivity index (χ0) is 9.97. The van der Waals surface area contributed by atoms with Crippen LogP contribution in [0.25, 0.3) is 0 Å². The maximum absolute atomic E-state index is 8.66. The van der Waals surface area contributed by atoms with Crippen LogP contribution in [0.3, 0.4) is 0 Å². The number of anilines is 1. The quantitative estimate of drug-likeness (QED) is 0.741. The maximum atomic E-state index is 8.66.